The Kier molecular flexibility index (Phi) is 5.74. The molecule has 0 aliphatic rings. The molecule has 0 spiro atoms. The van der Waals surface area contributed by atoms with E-state index in [1.54, 1.807) is 38.5 Å². The maximum atomic E-state index is 12.7. The standard InChI is InChI=1S/C21H22N4O3/c1-13-7-5-6-8-16(13)23-20(26)18-11-14(2)22-21(25-18)24-17-10-9-15(27-3)12-19(17)28-4/h5-12H,1-4H3,(H,23,26)(H,22,24,25). The number of methoxy groups -OCH3 is 2. The fourth-order valence-electron chi connectivity index (χ4n) is 2.66. The Labute approximate surface area is 163 Å². The van der Waals surface area contributed by atoms with Crippen molar-refractivity contribution in [2.75, 3.05) is 24.9 Å². The number of anilines is 3. The van der Waals surface area contributed by atoms with E-state index in [1.807, 2.05) is 38.1 Å². The molecule has 0 aliphatic heterocycles. The molecule has 1 amide bonds. The fraction of sp³-hybridized carbons (Fsp3) is 0.190. The highest BCUT2D eigenvalue weighted by Crippen LogP contribution is 2.30. The van der Waals surface area contributed by atoms with Crippen LogP contribution in [0.3, 0.4) is 0 Å². The van der Waals surface area contributed by atoms with Gasteiger partial charge in [-0.3, -0.25) is 4.79 Å². The van der Waals surface area contributed by atoms with Gasteiger partial charge >= 0.3 is 0 Å². The number of nitrogens with zero attached hydrogens (tertiary/aromatic N) is 2. The molecule has 1 aromatic heterocycles. The minimum Gasteiger partial charge on any atom is -0.497 e. The second-order valence-electron chi connectivity index (χ2n) is 6.18. The van der Waals surface area contributed by atoms with Gasteiger partial charge in [-0.25, -0.2) is 9.97 Å². The third-order valence-electron chi connectivity index (χ3n) is 4.14. The predicted octanol–water partition coefficient (Wildman–Crippen LogP) is 4.11. The van der Waals surface area contributed by atoms with E-state index < -0.39 is 0 Å². The predicted molar refractivity (Wildman–Crippen MR) is 109 cm³/mol. The van der Waals surface area contributed by atoms with Crippen LogP contribution in [0.4, 0.5) is 17.3 Å². The lowest BCUT2D eigenvalue weighted by Gasteiger charge is -2.13. The zero-order valence-corrected chi connectivity index (χ0v) is 16.2. The highest BCUT2D eigenvalue weighted by molar-refractivity contribution is 6.03. The largest absolute Gasteiger partial charge is 0.497 e. The van der Waals surface area contributed by atoms with E-state index in [0.717, 1.165) is 11.3 Å². The molecule has 7 nitrogen and oxygen atoms in total. The number of aromatic nitrogens is 2. The van der Waals surface area contributed by atoms with Gasteiger partial charge in [0.05, 0.1) is 19.9 Å². The lowest BCUT2D eigenvalue weighted by atomic mass is 10.2. The summed E-state index contributed by atoms with van der Waals surface area (Å²) in [6.45, 7) is 3.74. The molecule has 28 heavy (non-hydrogen) atoms. The molecule has 2 N–H and O–H groups in total. The average molecular weight is 378 g/mol. The first-order chi connectivity index (χ1) is 13.5. The molecule has 1 heterocycles. The Morgan fingerprint density at radius 2 is 1.71 bits per heavy atom. The third-order valence-corrected chi connectivity index (χ3v) is 4.14. The third kappa shape index (κ3) is 4.37. The lowest BCUT2D eigenvalue weighted by molar-refractivity contribution is 0.102. The number of nitrogens with one attached hydrogen (secondary N) is 2. The van der Waals surface area contributed by atoms with Gasteiger partial charge in [0.2, 0.25) is 5.95 Å². The minimum atomic E-state index is -0.301. The Hall–Kier alpha value is -3.61. The second-order valence-corrected chi connectivity index (χ2v) is 6.18. The van der Waals surface area contributed by atoms with Gasteiger partial charge in [0.1, 0.15) is 17.2 Å². The van der Waals surface area contributed by atoms with Crippen molar-refractivity contribution in [3.63, 3.8) is 0 Å². The van der Waals surface area contributed by atoms with Crippen molar-refractivity contribution in [1.82, 2.24) is 9.97 Å². The Balaban J connectivity index is 1.86. The average Bonchev–Trinajstić information content (AvgIpc) is 2.69. The van der Waals surface area contributed by atoms with Crippen molar-refractivity contribution in [2.45, 2.75) is 13.8 Å². The molecule has 0 saturated carbocycles. The summed E-state index contributed by atoms with van der Waals surface area (Å²) in [5, 5.41) is 5.99. The quantitative estimate of drug-likeness (QED) is 0.671. The van der Waals surface area contributed by atoms with Crippen LogP contribution in [0.2, 0.25) is 0 Å². The van der Waals surface area contributed by atoms with Crippen LogP contribution in [0, 0.1) is 13.8 Å². The van der Waals surface area contributed by atoms with Gasteiger partial charge < -0.3 is 20.1 Å². The van der Waals surface area contributed by atoms with Crippen molar-refractivity contribution in [1.29, 1.82) is 0 Å². The van der Waals surface area contributed by atoms with E-state index in [0.29, 0.717) is 28.8 Å². The minimum absolute atomic E-state index is 0.269. The van der Waals surface area contributed by atoms with Crippen LogP contribution in [0.1, 0.15) is 21.7 Å². The summed E-state index contributed by atoms with van der Waals surface area (Å²) in [5.41, 5.74) is 3.32. The number of hydrogen-bond donors (Lipinski definition) is 2. The summed E-state index contributed by atoms with van der Waals surface area (Å²) in [7, 11) is 3.16. The first kappa shape index (κ1) is 19.2. The summed E-state index contributed by atoms with van der Waals surface area (Å²) >= 11 is 0. The van der Waals surface area contributed by atoms with Gasteiger partial charge in [0.25, 0.3) is 5.91 Å². The van der Waals surface area contributed by atoms with Crippen LogP contribution < -0.4 is 20.1 Å². The van der Waals surface area contributed by atoms with Crippen LogP contribution in [-0.4, -0.2) is 30.1 Å². The highest BCUT2D eigenvalue weighted by atomic mass is 16.5. The molecule has 0 fully saturated rings. The number of ether oxygens (including phenoxy) is 2. The van der Waals surface area contributed by atoms with Gasteiger partial charge in [0, 0.05) is 17.4 Å². The SMILES string of the molecule is COc1ccc(Nc2nc(C)cc(C(=O)Nc3ccccc3C)n2)c(OC)c1. The first-order valence-corrected chi connectivity index (χ1v) is 8.72. The molecular formula is C21H22N4O3. The van der Waals surface area contributed by atoms with Gasteiger partial charge in [-0.2, -0.15) is 0 Å². The normalized spacial score (nSPS) is 10.3. The van der Waals surface area contributed by atoms with E-state index in [2.05, 4.69) is 20.6 Å². The van der Waals surface area contributed by atoms with Crippen molar-refractivity contribution < 1.29 is 14.3 Å². The molecule has 0 unspecified atom stereocenters. The summed E-state index contributed by atoms with van der Waals surface area (Å²) in [6.07, 6.45) is 0. The van der Waals surface area contributed by atoms with Crippen LogP contribution in [0.5, 0.6) is 11.5 Å². The van der Waals surface area contributed by atoms with Crippen molar-refractivity contribution >= 4 is 23.2 Å². The smallest absolute Gasteiger partial charge is 0.274 e. The number of hydrogen-bond acceptors (Lipinski definition) is 6. The highest BCUT2D eigenvalue weighted by Gasteiger charge is 2.13. The fourth-order valence-corrected chi connectivity index (χ4v) is 2.66. The molecule has 0 saturated heterocycles. The molecule has 3 aromatic rings. The summed E-state index contributed by atoms with van der Waals surface area (Å²) in [4.78, 5) is 21.4. The van der Waals surface area contributed by atoms with E-state index in [-0.39, 0.29) is 11.6 Å². The Bertz CT molecular complexity index is 1000. The summed E-state index contributed by atoms with van der Waals surface area (Å²) in [5.74, 6) is 1.25. The maximum Gasteiger partial charge on any atom is 0.274 e. The zero-order chi connectivity index (χ0) is 20.1. The van der Waals surface area contributed by atoms with E-state index in [9.17, 15) is 4.79 Å². The van der Waals surface area contributed by atoms with Crippen LogP contribution in [-0.2, 0) is 0 Å². The molecule has 0 bridgehead atoms. The van der Waals surface area contributed by atoms with Crippen LogP contribution in [0.15, 0.2) is 48.5 Å². The van der Waals surface area contributed by atoms with Crippen molar-refractivity contribution in [2.24, 2.45) is 0 Å². The molecule has 3 rings (SSSR count). The lowest BCUT2D eigenvalue weighted by Crippen LogP contribution is -2.16. The topological polar surface area (TPSA) is 85.4 Å². The molecule has 0 radical (unpaired) electrons. The van der Waals surface area contributed by atoms with Crippen LogP contribution in [0.25, 0.3) is 0 Å². The monoisotopic (exact) mass is 378 g/mol. The van der Waals surface area contributed by atoms with Crippen LogP contribution >= 0.6 is 0 Å². The number of amides is 1. The van der Waals surface area contributed by atoms with Gasteiger partial charge in [-0.15, -0.1) is 0 Å². The number of benzene rings is 2. The Morgan fingerprint density at radius 3 is 2.43 bits per heavy atom. The molecule has 144 valence electrons. The summed E-state index contributed by atoms with van der Waals surface area (Å²) in [6, 6.07) is 14.6. The molecule has 7 heteroatoms. The van der Waals surface area contributed by atoms with E-state index >= 15 is 0 Å². The van der Waals surface area contributed by atoms with Gasteiger partial charge in [-0.05, 0) is 43.7 Å². The van der Waals surface area contributed by atoms with Crippen molar-refractivity contribution in [3.05, 3.63) is 65.5 Å². The molecular weight excluding hydrogens is 356 g/mol. The van der Waals surface area contributed by atoms with Gasteiger partial charge in [-0.1, -0.05) is 18.2 Å². The number of rotatable bonds is 6. The molecule has 2 aromatic carbocycles. The molecule has 0 aliphatic carbocycles. The summed E-state index contributed by atoms with van der Waals surface area (Å²) < 4.78 is 10.6. The number of carbonyl (C=O) groups excluding carboxylic acids is 1. The number of para-hydroxylation sites is 1. The Morgan fingerprint density at radius 1 is 0.929 bits per heavy atom. The maximum absolute atomic E-state index is 12.7. The first-order valence-electron chi connectivity index (χ1n) is 8.72. The number of aryl methyl sites for hydroxylation is 2. The number of carbonyl (C=O) groups is 1. The van der Waals surface area contributed by atoms with Gasteiger partial charge in [0.15, 0.2) is 0 Å². The van der Waals surface area contributed by atoms with Crippen molar-refractivity contribution in [3.8, 4) is 11.5 Å². The zero-order valence-electron chi connectivity index (χ0n) is 16.2. The molecule has 0 atom stereocenters. The van der Waals surface area contributed by atoms with E-state index in [1.165, 1.54) is 0 Å². The van der Waals surface area contributed by atoms with E-state index in [4.69, 9.17) is 9.47 Å². The second kappa shape index (κ2) is 8.39.